The van der Waals surface area contributed by atoms with Gasteiger partial charge in [0.15, 0.2) is 0 Å². The van der Waals surface area contributed by atoms with E-state index >= 15 is 0 Å². The van der Waals surface area contributed by atoms with E-state index in [1.807, 2.05) is 24.3 Å². The second kappa shape index (κ2) is 8.69. The average molecular weight is 384 g/mol. The van der Waals surface area contributed by atoms with Crippen LogP contribution in [0.3, 0.4) is 0 Å². The predicted octanol–water partition coefficient (Wildman–Crippen LogP) is 2.35. The van der Waals surface area contributed by atoms with Crippen molar-refractivity contribution in [3.63, 3.8) is 0 Å². The molecule has 28 heavy (non-hydrogen) atoms. The molecule has 2 heterocycles. The molecule has 8 nitrogen and oxygen atoms in total. The maximum Gasteiger partial charge on any atom is 0.249 e. The number of carbonyl (C=O) groups excluding carboxylic acids is 2. The van der Waals surface area contributed by atoms with E-state index in [-0.39, 0.29) is 17.7 Å². The molecular formula is C20H24N4O4. The summed E-state index contributed by atoms with van der Waals surface area (Å²) in [6.45, 7) is 6.33. The number of para-hydroxylation sites is 1. The van der Waals surface area contributed by atoms with Crippen molar-refractivity contribution < 1.29 is 18.8 Å². The van der Waals surface area contributed by atoms with Crippen LogP contribution in [0.1, 0.15) is 31.7 Å². The summed E-state index contributed by atoms with van der Waals surface area (Å²) in [5, 5.41) is 6.91. The van der Waals surface area contributed by atoms with Crippen molar-refractivity contribution in [1.82, 2.24) is 20.4 Å². The van der Waals surface area contributed by atoms with Crippen LogP contribution >= 0.6 is 0 Å². The monoisotopic (exact) mass is 384 g/mol. The molecule has 1 fully saturated rings. The van der Waals surface area contributed by atoms with E-state index in [2.05, 4.69) is 22.0 Å². The average Bonchev–Trinajstić information content (AvgIpc) is 3.23. The minimum Gasteiger partial charge on any atom is -0.496 e. The number of hydrogen-bond donors (Lipinski definition) is 1. The Hall–Kier alpha value is -3.16. The Morgan fingerprint density at radius 3 is 2.96 bits per heavy atom. The maximum absolute atomic E-state index is 12.6. The number of nitrogens with zero attached hydrogens (tertiary/aromatic N) is 3. The summed E-state index contributed by atoms with van der Waals surface area (Å²) in [5.74, 6) is 0.797. The van der Waals surface area contributed by atoms with Crippen LogP contribution in [0.25, 0.3) is 11.4 Å². The number of likely N-dealkylation sites (tertiary alicyclic amines) is 1. The van der Waals surface area contributed by atoms with Crippen molar-refractivity contribution in [3.05, 3.63) is 42.8 Å². The summed E-state index contributed by atoms with van der Waals surface area (Å²) in [6.07, 6.45) is 2.79. The van der Waals surface area contributed by atoms with Crippen molar-refractivity contribution in [3.8, 4) is 17.1 Å². The van der Waals surface area contributed by atoms with E-state index in [4.69, 9.17) is 9.26 Å². The number of nitrogens with one attached hydrogen (secondary N) is 1. The molecule has 148 valence electrons. The molecule has 2 atom stereocenters. The van der Waals surface area contributed by atoms with Gasteiger partial charge in [0.25, 0.3) is 0 Å². The van der Waals surface area contributed by atoms with Gasteiger partial charge < -0.3 is 19.5 Å². The summed E-state index contributed by atoms with van der Waals surface area (Å²) in [5.41, 5.74) is 0.712. The Morgan fingerprint density at radius 2 is 2.21 bits per heavy atom. The van der Waals surface area contributed by atoms with Gasteiger partial charge in [-0.3, -0.25) is 9.59 Å². The van der Waals surface area contributed by atoms with Crippen LogP contribution in [-0.2, 0) is 9.59 Å². The second-order valence-corrected chi connectivity index (χ2v) is 6.71. The number of methoxy groups -OCH3 is 1. The first-order chi connectivity index (χ1) is 13.5. The summed E-state index contributed by atoms with van der Waals surface area (Å²) in [6, 6.07) is 6.92. The van der Waals surface area contributed by atoms with E-state index in [1.54, 1.807) is 18.9 Å². The predicted molar refractivity (Wildman–Crippen MR) is 102 cm³/mol. The Bertz CT molecular complexity index is 863. The quantitative estimate of drug-likeness (QED) is 0.768. The number of aromatic nitrogens is 2. The lowest BCUT2D eigenvalue weighted by atomic mass is 9.96. The van der Waals surface area contributed by atoms with Crippen molar-refractivity contribution in [2.45, 2.75) is 25.8 Å². The Morgan fingerprint density at radius 1 is 1.43 bits per heavy atom. The van der Waals surface area contributed by atoms with Crippen LogP contribution < -0.4 is 10.1 Å². The lowest BCUT2D eigenvalue weighted by Gasteiger charge is -2.31. The molecule has 1 aromatic carbocycles. The molecular weight excluding hydrogens is 360 g/mol. The minimum atomic E-state index is -0.450. The number of ether oxygens (including phenoxy) is 1. The fourth-order valence-electron chi connectivity index (χ4n) is 3.26. The largest absolute Gasteiger partial charge is 0.496 e. The Kier molecular flexibility index (Phi) is 6.08. The van der Waals surface area contributed by atoms with Gasteiger partial charge in [-0.25, -0.2) is 0 Å². The lowest BCUT2D eigenvalue weighted by Crippen LogP contribution is -2.45. The number of benzene rings is 1. The van der Waals surface area contributed by atoms with Crippen molar-refractivity contribution in [2.75, 3.05) is 20.2 Å². The van der Waals surface area contributed by atoms with Crippen LogP contribution in [0, 0.1) is 5.92 Å². The highest BCUT2D eigenvalue weighted by molar-refractivity contribution is 5.88. The molecule has 1 aromatic heterocycles. The van der Waals surface area contributed by atoms with Crippen molar-refractivity contribution in [2.24, 2.45) is 5.92 Å². The first-order valence-corrected chi connectivity index (χ1v) is 9.22. The van der Waals surface area contributed by atoms with Gasteiger partial charge in [0.05, 0.1) is 18.6 Å². The molecule has 2 aromatic rings. The minimum absolute atomic E-state index is 0.133. The molecule has 2 unspecified atom stereocenters. The van der Waals surface area contributed by atoms with Gasteiger partial charge in [-0.1, -0.05) is 23.9 Å². The van der Waals surface area contributed by atoms with Crippen LogP contribution in [0.2, 0.25) is 0 Å². The van der Waals surface area contributed by atoms with Crippen LogP contribution in [0.5, 0.6) is 5.75 Å². The van der Waals surface area contributed by atoms with Crippen LogP contribution in [-0.4, -0.2) is 47.1 Å². The van der Waals surface area contributed by atoms with Crippen LogP contribution in [0.4, 0.5) is 0 Å². The summed E-state index contributed by atoms with van der Waals surface area (Å²) >= 11 is 0. The van der Waals surface area contributed by atoms with Gasteiger partial charge in [0.1, 0.15) is 11.8 Å². The zero-order valence-electron chi connectivity index (χ0n) is 16.1. The van der Waals surface area contributed by atoms with Gasteiger partial charge in [0, 0.05) is 13.1 Å². The number of rotatable bonds is 6. The van der Waals surface area contributed by atoms with E-state index < -0.39 is 6.04 Å². The van der Waals surface area contributed by atoms with E-state index in [0.717, 1.165) is 12.8 Å². The smallest absolute Gasteiger partial charge is 0.249 e. The highest BCUT2D eigenvalue weighted by Crippen LogP contribution is 2.28. The molecule has 0 spiro atoms. The summed E-state index contributed by atoms with van der Waals surface area (Å²) < 4.78 is 10.7. The third-order valence-corrected chi connectivity index (χ3v) is 4.80. The van der Waals surface area contributed by atoms with Crippen LogP contribution in [0.15, 0.2) is 41.4 Å². The number of carbonyl (C=O) groups is 2. The molecule has 1 saturated heterocycles. The highest BCUT2D eigenvalue weighted by Gasteiger charge is 2.29. The standard InChI is InChI=1S/C20H24N4O4/c1-4-17(25)24-11-7-8-14(12-24)19(26)21-13(2)20-22-18(23-28-20)15-9-5-6-10-16(15)27-3/h4-6,9-10,13-14H,1,7-8,11-12H2,2-3H3,(H,21,26). The van der Waals surface area contributed by atoms with Gasteiger partial charge in [-0.15, -0.1) is 0 Å². The molecule has 8 heteroatoms. The molecule has 0 saturated carbocycles. The van der Waals surface area contributed by atoms with Crippen molar-refractivity contribution >= 4 is 11.8 Å². The first-order valence-electron chi connectivity index (χ1n) is 9.22. The fraction of sp³-hybridized carbons (Fsp3) is 0.400. The van der Waals surface area contributed by atoms with E-state index in [0.29, 0.717) is 36.1 Å². The SMILES string of the molecule is C=CC(=O)N1CCCC(C(=O)NC(C)c2nc(-c3ccccc3OC)no2)C1. The molecule has 1 aliphatic rings. The zero-order valence-corrected chi connectivity index (χ0v) is 16.1. The van der Waals surface area contributed by atoms with Gasteiger partial charge in [0.2, 0.25) is 23.5 Å². The van der Waals surface area contributed by atoms with Gasteiger partial charge in [-0.2, -0.15) is 4.98 Å². The molecule has 1 aliphatic heterocycles. The van der Waals surface area contributed by atoms with Gasteiger partial charge >= 0.3 is 0 Å². The highest BCUT2D eigenvalue weighted by atomic mass is 16.5. The molecule has 0 aliphatic carbocycles. The molecule has 1 N–H and O–H groups in total. The summed E-state index contributed by atoms with van der Waals surface area (Å²) in [7, 11) is 1.58. The third kappa shape index (κ3) is 4.21. The van der Waals surface area contributed by atoms with E-state index in [9.17, 15) is 9.59 Å². The zero-order chi connectivity index (χ0) is 20.1. The van der Waals surface area contributed by atoms with E-state index in [1.165, 1.54) is 6.08 Å². The Labute approximate surface area is 163 Å². The summed E-state index contributed by atoms with van der Waals surface area (Å²) in [4.78, 5) is 30.5. The molecule has 3 rings (SSSR count). The van der Waals surface area contributed by atoms with Crippen molar-refractivity contribution in [1.29, 1.82) is 0 Å². The normalized spacial score (nSPS) is 17.6. The molecule has 0 bridgehead atoms. The fourth-order valence-corrected chi connectivity index (χ4v) is 3.26. The first kappa shape index (κ1) is 19.6. The third-order valence-electron chi connectivity index (χ3n) is 4.80. The number of amides is 2. The molecule has 2 amide bonds. The number of piperidine rings is 1. The number of hydrogen-bond acceptors (Lipinski definition) is 6. The molecule has 0 radical (unpaired) electrons. The topological polar surface area (TPSA) is 97.6 Å². The Balaban J connectivity index is 1.66. The maximum atomic E-state index is 12.6. The second-order valence-electron chi connectivity index (χ2n) is 6.71. The lowest BCUT2D eigenvalue weighted by molar-refractivity contribution is -0.132. The van der Waals surface area contributed by atoms with Gasteiger partial charge in [-0.05, 0) is 38.0 Å².